The molecule has 0 radical (unpaired) electrons. The molecule has 0 heterocycles. The van der Waals surface area contributed by atoms with E-state index in [2.05, 4.69) is 11.9 Å². The molecule has 0 saturated carbocycles. The fraction of sp³-hybridized carbons (Fsp3) is 0.176. The van der Waals surface area contributed by atoms with Crippen LogP contribution in [0.1, 0.15) is 22.3 Å². The zero-order valence-electron chi connectivity index (χ0n) is 12.7. The van der Waals surface area contributed by atoms with Gasteiger partial charge in [0.25, 0.3) is 0 Å². The fourth-order valence-electron chi connectivity index (χ4n) is 2.28. The summed E-state index contributed by atoms with van der Waals surface area (Å²) in [5.74, 6) is 0. The highest BCUT2D eigenvalue weighted by molar-refractivity contribution is 6.35. The standard InChI is InChI=1S/C17H17Cl3N2/c1-8-5-14(20)17(21)16(9(8)2)11(4)22-15-7-12(18)6-13(19)10(15)3/h5-7,22H,4,21H2,1-3H3. The average Bonchev–Trinajstić information content (AvgIpc) is 2.42. The van der Waals surface area contributed by atoms with Gasteiger partial charge in [-0.05, 0) is 55.7 Å². The van der Waals surface area contributed by atoms with Crippen molar-refractivity contribution in [3.8, 4) is 0 Å². The van der Waals surface area contributed by atoms with Crippen LogP contribution in [0.15, 0.2) is 24.8 Å². The lowest BCUT2D eigenvalue weighted by Gasteiger charge is -2.19. The van der Waals surface area contributed by atoms with Gasteiger partial charge < -0.3 is 11.1 Å². The van der Waals surface area contributed by atoms with Crippen molar-refractivity contribution in [2.75, 3.05) is 11.1 Å². The van der Waals surface area contributed by atoms with Crippen LogP contribution in [0, 0.1) is 20.8 Å². The van der Waals surface area contributed by atoms with Crippen LogP contribution in [-0.2, 0) is 0 Å². The first-order valence-electron chi connectivity index (χ1n) is 6.69. The Kier molecular flexibility index (Phi) is 4.96. The lowest BCUT2D eigenvalue weighted by molar-refractivity contribution is 1.31. The number of anilines is 2. The van der Waals surface area contributed by atoms with Crippen LogP contribution >= 0.6 is 34.8 Å². The molecule has 0 spiro atoms. The summed E-state index contributed by atoms with van der Waals surface area (Å²) in [7, 11) is 0. The molecule has 2 rings (SSSR count). The molecule has 0 aromatic heterocycles. The zero-order valence-corrected chi connectivity index (χ0v) is 14.9. The van der Waals surface area contributed by atoms with Crippen molar-refractivity contribution in [3.63, 3.8) is 0 Å². The third-order valence-electron chi connectivity index (χ3n) is 3.73. The Bertz CT molecular complexity index is 741. The predicted octanol–water partition coefficient (Wildman–Crippen LogP) is 6.24. The van der Waals surface area contributed by atoms with Crippen LogP contribution in [0.2, 0.25) is 15.1 Å². The summed E-state index contributed by atoms with van der Waals surface area (Å²) in [6, 6.07) is 5.36. The van der Waals surface area contributed by atoms with Gasteiger partial charge in [0.15, 0.2) is 0 Å². The van der Waals surface area contributed by atoms with Crippen molar-refractivity contribution in [1.29, 1.82) is 0 Å². The molecule has 116 valence electrons. The monoisotopic (exact) mass is 354 g/mol. The lowest BCUT2D eigenvalue weighted by Crippen LogP contribution is -2.06. The van der Waals surface area contributed by atoms with E-state index in [1.807, 2.05) is 26.8 Å². The third kappa shape index (κ3) is 3.19. The minimum atomic E-state index is 0.507. The molecule has 0 aliphatic heterocycles. The second-order valence-electron chi connectivity index (χ2n) is 5.25. The minimum absolute atomic E-state index is 0.507. The first kappa shape index (κ1) is 17.0. The number of nitrogens with one attached hydrogen (secondary N) is 1. The Morgan fingerprint density at radius 3 is 2.27 bits per heavy atom. The molecule has 0 fully saturated rings. The normalized spacial score (nSPS) is 10.6. The zero-order chi connectivity index (χ0) is 16.6. The minimum Gasteiger partial charge on any atom is -0.397 e. The molecule has 5 heteroatoms. The van der Waals surface area contributed by atoms with E-state index in [4.69, 9.17) is 40.5 Å². The van der Waals surface area contributed by atoms with E-state index >= 15 is 0 Å². The third-order valence-corrected chi connectivity index (χ3v) is 4.66. The van der Waals surface area contributed by atoms with E-state index in [1.54, 1.807) is 12.1 Å². The quantitative estimate of drug-likeness (QED) is 0.640. The predicted molar refractivity (Wildman–Crippen MR) is 99.2 cm³/mol. The van der Waals surface area contributed by atoms with Crippen molar-refractivity contribution >= 4 is 51.9 Å². The van der Waals surface area contributed by atoms with Crippen LogP contribution in [0.3, 0.4) is 0 Å². The van der Waals surface area contributed by atoms with Crippen molar-refractivity contribution in [1.82, 2.24) is 0 Å². The Balaban J connectivity index is 2.47. The van der Waals surface area contributed by atoms with E-state index in [9.17, 15) is 0 Å². The fourth-order valence-corrected chi connectivity index (χ4v) is 3.04. The van der Waals surface area contributed by atoms with Gasteiger partial charge >= 0.3 is 0 Å². The summed E-state index contributed by atoms with van der Waals surface area (Å²) < 4.78 is 0. The van der Waals surface area contributed by atoms with Crippen molar-refractivity contribution < 1.29 is 0 Å². The van der Waals surface area contributed by atoms with E-state index < -0.39 is 0 Å². The van der Waals surface area contributed by atoms with Crippen LogP contribution in [0.5, 0.6) is 0 Å². The molecule has 0 saturated heterocycles. The highest BCUT2D eigenvalue weighted by atomic mass is 35.5. The van der Waals surface area contributed by atoms with Crippen LogP contribution in [0.25, 0.3) is 5.70 Å². The highest BCUT2D eigenvalue weighted by Crippen LogP contribution is 2.35. The SMILES string of the molecule is C=C(Nc1cc(Cl)cc(Cl)c1C)c1c(C)c(C)cc(Cl)c1N. The Morgan fingerprint density at radius 1 is 1.00 bits per heavy atom. The molecule has 0 bridgehead atoms. The molecule has 3 N–H and O–H groups in total. The van der Waals surface area contributed by atoms with E-state index in [0.717, 1.165) is 27.9 Å². The average molecular weight is 356 g/mol. The summed E-state index contributed by atoms with van der Waals surface area (Å²) in [5, 5.41) is 4.90. The van der Waals surface area contributed by atoms with Crippen LogP contribution in [-0.4, -0.2) is 0 Å². The largest absolute Gasteiger partial charge is 0.397 e. The molecular formula is C17H17Cl3N2. The molecule has 0 unspecified atom stereocenters. The molecular weight excluding hydrogens is 339 g/mol. The maximum Gasteiger partial charge on any atom is 0.0645 e. The number of benzene rings is 2. The summed E-state index contributed by atoms with van der Waals surface area (Å²) in [6.45, 7) is 9.97. The number of nitrogen functional groups attached to an aromatic ring is 1. The number of rotatable bonds is 3. The number of halogens is 3. The van der Waals surface area contributed by atoms with E-state index in [0.29, 0.717) is 26.5 Å². The summed E-state index contributed by atoms with van der Waals surface area (Å²) in [6.07, 6.45) is 0. The van der Waals surface area contributed by atoms with Crippen LogP contribution < -0.4 is 11.1 Å². The van der Waals surface area contributed by atoms with Gasteiger partial charge in [0, 0.05) is 27.0 Å². The molecule has 0 atom stereocenters. The van der Waals surface area contributed by atoms with Gasteiger partial charge in [0.05, 0.1) is 10.7 Å². The Hall–Kier alpha value is -1.35. The van der Waals surface area contributed by atoms with E-state index in [-0.39, 0.29) is 0 Å². The summed E-state index contributed by atoms with van der Waals surface area (Å²) >= 11 is 18.4. The second kappa shape index (κ2) is 6.41. The molecule has 0 amide bonds. The second-order valence-corrected chi connectivity index (χ2v) is 6.50. The smallest absolute Gasteiger partial charge is 0.0645 e. The number of nitrogens with two attached hydrogens (primary N) is 1. The van der Waals surface area contributed by atoms with Gasteiger partial charge in [0.1, 0.15) is 0 Å². The van der Waals surface area contributed by atoms with Gasteiger partial charge in [-0.3, -0.25) is 0 Å². The number of hydrogen-bond acceptors (Lipinski definition) is 2. The Labute approximate surface area is 145 Å². The number of aryl methyl sites for hydroxylation is 1. The maximum absolute atomic E-state index is 6.18. The van der Waals surface area contributed by atoms with Gasteiger partial charge in [-0.15, -0.1) is 0 Å². The molecule has 2 aromatic rings. The summed E-state index contributed by atoms with van der Waals surface area (Å²) in [5.41, 5.74) is 11.9. The summed E-state index contributed by atoms with van der Waals surface area (Å²) in [4.78, 5) is 0. The lowest BCUT2D eigenvalue weighted by atomic mass is 9.99. The Morgan fingerprint density at radius 2 is 1.64 bits per heavy atom. The highest BCUT2D eigenvalue weighted by Gasteiger charge is 2.14. The van der Waals surface area contributed by atoms with Crippen molar-refractivity contribution in [2.24, 2.45) is 0 Å². The topological polar surface area (TPSA) is 38.0 Å². The first-order chi connectivity index (χ1) is 10.2. The van der Waals surface area contributed by atoms with Gasteiger partial charge in [-0.1, -0.05) is 41.4 Å². The number of hydrogen-bond donors (Lipinski definition) is 2. The van der Waals surface area contributed by atoms with Gasteiger partial charge in [-0.2, -0.15) is 0 Å². The van der Waals surface area contributed by atoms with Crippen LogP contribution in [0.4, 0.5) is 11.4 Å². The molecule has 22 heavy (non-hydrogen) atoms. The van der Waals surface area contributed by atoms with E-state index in [1.165, 1.54) is 0 Å². The van der Waals surface area contributed by atoms with Gasteiger partial charge in [-0.25, -0.2) is 0 Å². The van der Waals surface area contributed by atoms with Crippen molar-refractivity contribution in [2.45, 2.75) is 20.8 Å². The molecule has 2 nitrogen and oxygen atoms in total. The van der Waals surface area contributed by atoms with Crippen molar-refractivity contribution in [3.05, 3.63) is 62.1 Å². The first-order valence-corrected chi connectivity index (χ1v) is 7.83. The van der Waals surface area contributed by atoms with Gasteiger partial charge in [0.2, 0.25) is 0 Å². The molecule has 0 aliphatic carbocycles. The molecule has 2 aromatic carbocycles. The molecule has 0 aliphatic rings. The maximum atomic E-state index is 6.18.